The fourth-order valence-corrected chi connectivity index (χ4v) is 1.58. The maximum absolute atomic E-state index is 13.1. The van der Waals surface area contributed by atoms with Gasteiger partial charge in [-0.3, -0.25) is 4.79 Å². The van der Waals surface area contributed by atoms with Gasteiger partial charge in [0.05, 0.1) is 11.6 Å². The van der Waals surface area contributed by atoms with Gasteiger partial charge < -0.3 is 4.74 Å². The van der Waals surface area contributed by atoms with E-state index in [4.69, 9.17) is 11.6 Å². The van der Waals surface area contributed by atoms with Gasteiger partial charge in [-0.1, -0.05) is 17.7 Å². The summed E-state index contributed by atoms with van der Waals surface area (Å²) >= 11 is 5.53. The van der Waals surface area contributed by atoms with Gasteiger partial charge in [0, 0.05) is 6.08 Å². The van der Waals surface area contributed by atoms with Crippen molar-refractivity contribution in [2.45, 2.75) is 0 Å². The number of halogens is 2. The Morgan fingerprint density at radius 2 is 2.28 bits per heavy atom. The molecule has 0 aromatic heterocycles. The lowest BCUT2D eigenvalue weighted by Crippen LogP contribution is -2.29. The topological polar surface area (TPSA) is 46.6 Å². The minimum Gasteiger partial charge on any atom is -0.447 e. The summed E-state index contributed by atoms with van der Waals surface area (Å²) in [4.78, 5) is 23.7. The van der Waals surface area contributed by atoms with Gasteiger partial charge in [-0.2, -0.15) is 0 Å². The first-order chi connectivity index (χ1) is 8.58. The van der Waals surface area contributed by atoms with Crippen LogP contribution in [-0.2, 0) is 9.53 Å². The second kappa shape index (κ2) is 5.18. The molecule has 0 unspecified atom stereocenters. The van der Waals surface area contributed by atoms with E-state index in [-0.39, 0.29) is 18.2 Å². The highest BCUT2D eigenvalue weighted by Gasteiger charge is 2.26. The number of hydrogen-bond donors (Lipinski definition) is 0. The van der Waals surface area contributed by atoms with Crippen molar-refractivity contribution < 1.29 is 18.7 Å². The second-order valence-corrected chi connectivity index (χ2v) is 4.02. The number of nitrogens with zero attached hydrogens (tertiary/aromatic N) is 1. The van der Waals surface area contributed by atoms with Crippen molar-refractivity contribution in [1.82, 2.24) is 4.90 Å². The molecule has 0 radical (unpaired) electrons. The van der Waals surface area contributed by atoms with Crippen LogP contribution in [0.4, 0.5) is 9.18 Å². The van der Waals surface area contributed by atoms with Crippen molar-refractivity contribution in [2.75, 3.05) is 13.2 Å². The van der Waals surface area contributed by atoms with Crippen LogP contribution in [0.2, 0.25) is 5.02 Å². The molecule has 2 amide bonds. The van der Waals surface area contributed by atoms with Crippen molar-refractivity contribution in [2.24, 2.45) is 0 Å². The lowest BCUT2D eigenvalue weighted by atomic mass is 10.2. The van der Waals surface area contributed by atoms with Crippen LogP contribution >= 0.6 is 11.6 Å². The number of benzene rings is 1. The molecule has 0 atom stereocenters. The number of amides is 2. The van der Waals surface area contributed by atoms with Crippen molar-refractivity contribution in [1.29, 1.82) is 0 Å². The van der Waals surface area contributed by atoms with Gasteiger partial charge in [0.2, 0.25) is 0 Å². The van der Waals surface area contributed by atoms with Gasteiger partial charge in [-0.25, -0.2) is 14.1 Å². The highest BCUT2D eigenvalue weighted by Crippen LogP contribution is 2.16. The second-order valence-electron chi connectivity index (χ2n) is 3.61. The van der Waals surface area contributed by atoms with Crippen LogP contribution < -0.4 is 0 Å². The third-order valence-corrected chi connectivity index (χ3v) is 2.70. The highest BCUT2D eigenvalue weighted by molar-refractivity contribution is 6.30. The molecule has 4 nitrogen and oxygen atoms in total. The van der Waals surface area contributed by atoms with Gasteiger partial charge in [-0.05, 0) is 23.8 Å². The van der Waals surface area contributed by atoms with Gasteiger partial charge in [0.1, 0.15) is 12.4 Å². The lowest BCUT2D eigenvalue weighted by molar-refractivity contribution is -0.122. The van der Waals surface area contributed by atoms with E-state index in [0.717, 1.165) is 4.90 Å². The predicted molar refractivity (Wildman–Crippen MR) is 63.5 cm³/mol. The molecule has 1 aliphatic rings. The Hall–Kier alpha value is -1.88. The average molecular weight is 270 g/mol. The van der Waals surface area contributed by atoms with E-state index in [1.807, 2.05) is 0 Å². The Morgan fingerprint density at radius 1 is 1.50 bits per heavy atom. The number of hydrogen-bond acceptors (Lipinski definition) is 3. The molecule has 94 valence electrons. The molecular weight excluding hydrogens is 261 g/mol. The van der Waals surface area contributed by atoms with Gasteiger partial charge in [0.25, 0.3) is 5.91 Å². The average Bonchev–Trinajstić information content (AvgIpc) is 2.77. The van der Waals surface area contributed by atoms with Crippen LogP contribution in [0.3, 0.4) is 0 Å². The Bertz CT molecular complexity index is 530. The summed E-state index contributed by atoms with van der Waals surface area (Å²) in [6.07, 6.45) is 1.94. The summed E-state index contributed by atoms with van der Waals surface area (Å²) in [5, 5.41) is 0.0154. The molecular formula is C12H9ClFNO3. The minimum atomic E-state index is -0.660. The molecule has 0 aliphatic carbocycles. The van der Waals surface area contributed by atoms with E-state index in [0.29, 0.717) is 5.56 Å². The van der Waals surface area contributed by atoms with Gasteiger partial charge in [-0.15, -0.1) is 0 Å². The number of carbonyl (C=O) groups is 2. The molecule has 0 spiro atoms. The Morgan fingerprint density at radius 3 is 2.89 bits per heavy atom. The summed E-state index contributed by atoms with van der Waals surface area (Å²) in [6.45, 7) is 0.435. The van der Waals surface area contributed by atoms with Crippen LogP contribution in [0.15, 0.2) is 24.3 Å². The van der Waals surface area contributed by atoms with E-state index in [1.54, 1.807) is 6.07 Å². The number of rotatable bonds is 2. The van der Waals surface area contributed by atoms with Crippen LogP contribution in [0.5, 0.6) is 0 Å². The van der Waals surface area contributed by atoms with E-state index >= 15 is 0 Å². The fourth-order valence-electron chi connectivity index (χ4n) is 1.47. The zero-order valence-corrected chi connectivity index (χ0v) is 9.98. The van der Waals surface area contributed by atoms with Crippen molar-refractivity contribution in [3.8, 4) is 0 Å². The maximum Gasteiger partial charge on any atom is 0.416 e. The van der Waals surface area contributed by atoms with E-state index < -0.39 is 17.8 Å². The number of carbonyl (C=O) groups excluding carboxylic acids is 2. The molecule has 1 fully saturated rings. The third-order valence-electron chi connectivity index (χ3n) is 2.39. The first-order valence-electron chi connectivity index (χ1n) is 5.19. The molecule has 1 aromatic carbocycles. The van der Waals surface area contributed by atoms with Gasteiger partial charge >= 0.3 is 6.09 Å². The molecule has 18 heavy (non-hydrogen) atoms. The van der Waals surface area contributed by atoms with E-state index in [2.05, 4.69) is 4.74 Å². The largest absolute Gasteiger partial charge is 0.447 e. The van der Waals surface area contributed by atoms with Crippen molar-refractivity contribution in [3.63, 3.8) is 0 Å². The van der Waals surface area contributed by atoms with Crippen LogP contribution in [0, 0.1) is 5.82 Å². The van der Waals surface area contributed by atoms with Gasteiger partial charge in [0.15, 0.2) is 0 Å². The molecule has 1 aromatic rings. The SMILES string of the molecule is O=C(/C=C/c1ccc(Cl)c(F)c1)N1CCOC1=O. The normalized spacial score (nSPS) is 15.2. The summed E-state index contributed by atoms with van der Waals surface area (Å²) < 4.78 is 17.8. The summed E-state index contributed by atoms with van der Waals surface area (Å²) in [5.74, 6) is -1.06. The Labute approximate surface area is 108 Å². The smallest absolute Gasteiger partial charge is 0.416 e. The van der Waals surface area contributed by atoms with Crippen LogP contribution in [0.1, 0.15) is 5.56 Å². The first kappa shape index (κ1) is 12.6. The Balaban J connectivity index is 2.08. The van der Waals surface area contributed by atoms with Crippen molar-refractivity contribution >= 4 is 29.7 Å². The molecule has 1 aliphatic heterocycles. The number of cyclic esters (lactones) is 1. The minimum absolute atomic E-state index is 0.0154. The zero-order chi connectivity index (χ0) is 13.1. The molecule has 6 heteroatoms. The summed E-state index contributed by atoms with van der Waals surface area (Å²) in [6, 6.07) is 4.16. The molecule has 1 saturated heterocycles. The molecule has 0 saturated carbocycles. The van der Waals surface area contributed by atoms with E-state index in [1.165, 1.54) is 24.3 Å². The van der Waals surface area contributed by atoms with Crippen LogP contribution in [-0.4, -0.2) is 30.1 Å². The molecule has 0 N–H and O–H groups in total. The highest BCUT2D eigenvalue weighted by atomic mass is 35.5. The lowest BCUT2D eigenvalue weighted by Gasteiger charge is -2.06. The van der Waals surface area contributed by atoms with Crippen LogP contribution in [0.25, 0.3) is 6.08 Å². The molecule has 1 heterocycles. The van der Waals surface area contributed by atoms with Crippen molar-refractivity contribution in [3.05, 3.63) is 40.7 Å². The fraction of sp³-hybridized carbons (Fsp3) is 0.167. The van der Waals surface area contributed by atoms with E-state index in [9.17, 15) is 14.0 Å². The monoisotopic (exact) mass is 269 g/mol. The predicted octanol–water partition coefficient (Wildman–Crippen LogP) is 2.47. The third kappa shape index (κ3) is 2.68. The summed E-state index contributed by atoms with van der Waals surface area (Å²) in [5.41, 5.74) is 0.484. The number of ether oxygens (including phenoxy) is 1. The molecule has 0 bridgehead atoms. The maximum atomic E-state index is 13.1. The zero-order valence-electron chi connectivity index (χ0n) is 9.23. The number of imide groups is 1. The Kier molecular flexibility index (Phi) is 3.62. The standard InChI is InChI=1S/C12H9ClFNO3/c13-9-3-1-8(7-10(9)14)2-4-11(16)15-5-6-18-12(15)17/h1-4,7H,5-6H2/b4-2+. The first-order valence-corrected chi connectivity index (χ1v) is 5.57. The molecule has 2 rings (SSSR count). The summed E-state index contributed by atoms with van der Waals surface area (Å²) in [7, 11) is 0. The quantitative estimate of drug-likeness (QED) is 0.775.